The van der Waals surface area contributed by atoms with Gasteiger partial charge in [0, 0.05) is 24.2 Å². The number of ketones is 1. The number of aliphatic hydroxyl groups excluding tert-OH is 1. The van der Waals surface area contributed by atoms with E-state index in [4.69, 9.17) is 16.3 Å². The van der Waals surface area contributed by atoms with Crippen LogP contribution in [-0.2, 0) is 4.79 Å². The molecule has 1 aliphatic heterocycles. The van der Waals surface area contributed by atoms with Gasteiger partial charge in [-0.3, -0.25) is 9.59 Å². The summed E-state index contributed by atoms with van der Waals surface area (Å²) in [7, 11) is 0. The molecule has 1 aliphatic carbocycles. The molecule has 3 heterocycles. The van der Waals surface area contributed by atoms with Crippen LogP contribution in [0.1, 0.15) is 35.2 Å². The fraction of sp³-hybridized carbons (Fsp3) is 0.192. The molecule has 2 aromatic heterocycles. The molecule has 6 rings (SSSR count). The lowest BCUT2D eigenvalue weighted by molar-refractivity contribution is -0.120. The maximum Gasteiger partial charge on any atom is 0.250 e. The third kappa shape index (κ3) is 3.62. The van der Waals surface area contributed by atoms with Gasteiger partial charge in [0.15, 0.2) is 5.78 Å². The molecule has 8 nitrogen and oxygen atoms in total. The number of hydrogen-bond donors (Lipinski definition) is 4. The molecule has 0 saturated heterocycles. The number of rotatable bonds is 4. The summed E-state index contributed by atoms with van der Waals surface area (Å²) in [5.74, 6) is 0.683. The van der Waals surface area contributed by atoms with Crippen LogP contribution < -0.4 is 15.4 Å². The number of hydrogen-bond acceptors (Lipinski definition) is 6. The average Bonchev–Trinajstić information content (AvgIpc) is 3.45. The highest BCUT2D eigenvalue weighted by Gasteiger charge is 2.48. The largest absolute Gasteiger partial charge is 0.457 e. The third-order valence-electron chi connectivity index (χ3n) is 6.65. The summed E-state index contributed by atoms with van der Waals surface area (Å²) in [5.41, 5.74) is 1.36. The Morgan fingerprint density at radius 3 is 2.71 bits per heavy atom. The van der Waals surface area contributed by atoms with E-state index in [9.17, 15) is 14.7 Å². The minimum absolute atomic E-state index is 0.205. The number of amides is 1. The normalized spacial score (nSPS) is 21.0. The number of carbonyl (C=O) groups is 2. The lowest BCUT2D eigenvalue weighted by Gasteiger charge is -2.36. The third-order valence-corrected chi connectivity index (χ3v) is 6.96. The molecule has 1 saturated carbocycles. The first-order valence-electron chi connectivity index (χ1n) is 11.3. The number of benzene rings is 2. The number of halogens is 1. The minimum Gasteiger partial charge on any atom is -0.457 e. The van der Waals surface area contributed by atoms with Gasteiger partial charge in [-0.1, -0.05) is 29.8 Å². The monoisotopic (exact) mass is 488 g/mol. The van der Waals surface area contributed by atoms with Crippen LogP contribution in [0.2, 0.25) is 5.02 Å². The second-order valence-electron chi connectivity index (χ2n) is 8.92. The van der Waals surface area contributed by atoms with Gasteiger partial charge in [0.2, 0.25) is 5.91 Å². The number of aliphatic hydroxyl groups is 1. The Morgan fingerprint density at radius 1 is 1.14 bits per heavy atom. The first-order valence-corrected chi connectivity index (χ1v) is 11.7. The van der Waals surface area contributed by atoms with E-state index >= 15 is 0 Å². The number of nitrogens with one attached hydrogen (secondary N) is 3. The summed E-state index contributed by atoms with van der Waals surface area (Å²) in [6.07, 6.45) is 3.90. The summed E-state index contributed by atoms with van der Waals surface area (Å²) in [6, 6.07) is 14.2. The van der Waals surface area contributed by atoms with Crippen molar-refractivity contribution in [3.63, 3.8) is 0 Å². The number of carbonyl (C=O) groups excluding carboxylic acids is 2. The quantitative estimate of drug-likeness (QED) is 0.304. The Morgan fingerprint density at radius 2 is 1.97 bits per heavy atom. The molecule has 4 N–H and O–H groups in total. The lowest BCUT2D eigenvalue weighted by Crippen LogP contribution is -2.51. The van der Waals surface area contributed by atoms with E-state index in [-0.39, 0.29) is 16.7 Å². The highest BCUT2D eigenvalue weighted by atomic mass is 35.5. The highest BCUT2D eigenvalue weighted by Crippen LogP contribution is 2.44. The van der Waals surface area contributed by atoms with E-state index in [0.717, 1.165) is 0 Å². The van der Waals surface area contributed by atoms with Crippen molar-refractivity contribution in [2.75, 3.05) is 10.6 Å². The van der Waals surface area contributed by atoms with E-state index in [0.29, 0.717) is 64.3 Å². The van der Waals surface area contributed by atoms with Crippen LogP contribution in [0.25, 0.3) is 11.0 Å². The van der Waals surface area contributed by atoms with Crippen LogP contribution in [0.3, 0.4) is 0 Å². The molecule has 2 aromatic carbocycles. The Balaban J connectivity index is 1.37. The predicted octanol–water partition coefficient (Wildman–Crippen LogP) is 4.89. The van der Waals surface area contributed by atoms with E-state index in [1.165, 1.54) is 0 Å². The molecular weight excluding hydrogens is 468 g/mol. The Hall–Kier alpha value is -3.88. The molecule has 4 aromatic rings. The van der Waals surface area contributed by atoms with Crippen molar-refractivity contribution < 1.29 is 19.4 Å². The fourth-order valence-corrected chi connectivity index (χ4v) is 5.15. The molecule has 1 fully saturated rings. The summed E-state index contributed by atoms with van der Waals surface area (Å²) in [5, 5.41) is 17.2. The van der Waals surface area contributed by atoms with Gasteiger partial charge in [0.25, 0.3) is 0 Å². The minimum atomic E-state index is -0.924. The first kappa shape index (κ1) is 21.6. The number of aromatic nitrogens is 2. The maximum atomic E-state index is 13.6. The Bertz CT molecular complexity index is 1490. The van der Waals surface area contributed by atoms with Crippen molar-refractivity contribution in [2.45, 2.75) is 30.9 Å². The van der Waals surface area contributed by atoms with E-state index < -0.39 is 11.6 Å². The van der Waals surface area contributed by atoms with Crippen LogP contribution in [0, 0.1) is 0 Å². The summed E-state index contributed by atoms with van der Waals surface area (Å²) in [4.78, 5) is 33.9. The number of para-hydroxylation sites is 1. The molecule has 9 heteroatoms. The molecule has 0 radical (unpaired) electrons. The average molecular weight is 489 g/mol. The fourth-order valence-electron chi connectivity index (χ4n) is 4.89. The van der Waals surface area contributed by atoms with E-state index in [2.05, 4.69) is 20.6 Å². The molecule has 0 bridgehead atoms. The van der Waals surface area contributed by atoms with Crippen LogP contribution in [-0.4, -0.2) is 38.4 Å². The number of pyridine rings is 1. The topological polar surface area (TPSA) is 116 Å². The lowest BCUT2D eigenvalue weighted by atomic mass is 9.92. The summed E-state index contributed by atoms with van der Waals surface area (Å²) in [6.45, 7) is 0. The van der Waals surface area contributed by atoms with Crippen molar-refractivity contribution in [3.8, 4) is 11.5 Å². The second-order valence-corrected chi connectivity index (χ2v) is 9.32. The SMILES string of the molecule is O=C(c1ccc(Oc2ccccc2)cc1Cl)c1c[nH]c2ncc3c(c12)N[C@@]1(CC[C@@H](O)C1)C(=O)N3. The van der Waals surface area contributed by atoms with Gasteiger partial charge in [-0.2, -0.15) is 0 Å². The molecule has 2 aliphatic rings. The molecule has 0 unspecified atom stereocenters. The smallest absolute Gasteiger partial charge is 0.250 e. The van der Waals surface area contributed by atoms with E-state index in [1.54, 1.807) is 30.6 Å². The maximum absolute atomic E-state index is 13.6. The van der Waals surface area contributed by atoms with Gasteiger partial charge in [0.1, 0.15) is 22.7 Å². The van der Waals surface area contributed by atoms with Crippen LogP contribution in [0.4, 0.5) is 11.4 Å². The summed E-state index contributed by atoms with van der Waals surface area (Å²) >= 11 is 6.51. The Labute approximate surface area is 205 Å². The van der Waals surface area contributed by atoms with Gasteiger partial charge in [-0.25, -0.2) is 4.98 Å². The van der Waals surface area contributed by atoms with Crippen molar-refractivity contribution >= 4 is 45.7 Å². The van der Waals surface area contributed by atoms with Crippen LogP contribution in [0.15, 0.2) is 60.9 Å². The van der Waals surface area contributed by atoms with Gasteiger partial charge >= 0.3 is 0 Å². The van der Waals surface area contributed by atoms with Crippen molar-refractivity contribution in [3.05, 3.63) is 77.1 Å². The number of anilines is 2. The molecule has 1 amide bonds. The Kier molecular flexibility index (Phi) is 5.01. The van der Waals surface area contributed by atoms with Crippen LogP contribution >= 0.6 is 11.6 Å². The molecule has 35 heavy (non-hydrogen) atoms. The molecule has 1 spiro atoms. The first-order chi connectivity index (χ1) is 16.9. The van der Waals surface area contributed by atoms with Gasteiger partial charge in [0.05, 0.1) is 39.6 Å². The molecule has 176 valence electrons. The number of fused-ring (bicyclic) bond motifs is 3. The number of ether oxygens (including phenoxy) is 1. The molecule has 2 atom stereocenters. The zero-order valence-corrected chi connectivity index (χ0v) is 19.2. The standard InChI is InChI=1S/C26H21ClN4O4/c27-19-10-16(35-15-4-2-1-3-5-15)6-7-17(19)23(33)18-12-28-24-21(18)22-20(13-29-24)30-25(34)26(31-22)9-8-14(32)11-26/h1-7,10,12-14,31-32H,8-9,11H2,(H,28,29)(H,30,34)/t14-,26-/m1/s1. The summed E-state index contributed by atoms with van der Waals surface area (Å²) < 4.78 is 5.82. The van der Waals surface area contributed by atoms with Crippen molar-refractivity contribution in [2.24, 2.45) is 0 Å². The number of aromatic amines is 1. The van der Waals surface area contributed by atoms with Gasteiger partial charge in [-0.15, -0.1) is 0 Å². The number of H-pyrrole nitrogens is 1. The van der Waals surface area contributed by atoms with Crippen molar-refractivity contribution in [1.82, 2.24) is 9.97 Å². The van der Waals surface area contributed by atoms with E-state index in [1.807, 2.05) is 30.3 Å². The van der Waals surface area contributed by atoms with Gasteiger partial charge in [-0.05, 0) is 37.1 Å². The molecular formula is C26H21ClN4O4. The van der Waals surface area contributed by atoms with Crippen LogP contribution in [0.5, 0.6) is 11.5 Å². The highest BCUT2D eigenvalue weighted by molar-refractivity contribution is 6.36. The zero-order valence-electron chi connectivity index (χ0n) is 18.5. The number of nitrogens with zero attached hydrogens (tertiary/aromatic N) is 1. The predicted molar refractivity (Wildman–Crippen MR) is 132 cm³/mol. The van der Waals surface area contributed by atoms with Crippen molar-refractivity contribution in [1.29, 1.82) is 0 Å². The zero-order chi connectivity index (χ0) is 24.2. The van der Waals surface area contributed by atoms with Gasteiger partial charge < -0.3 is 25.5 Å². The second kappa shape index (κ2) is 8.11.